The first-order chi connectivity index (χ1) is 13.4. The quantitative estimate of drug-likeness (QED) is 0.584. The van der Waals surface area contributed by atoms with Crippen LogP contribution in [0.2, 0.25) is 0 Å². The number of nitrogens with two attached hydrogens (primary N) is 1. The molecular formula is C18H19N5O4S. The van der Waals surface area contributed by atoms with Crippen molar-refractivity contribution in [3.63, 3.8) is 0 Å². The maximum atomic E-state index is 12.8. The smallest absolute Gasteiger partial charge is 0.324 e. The van der Waals surface area contributed by atoms with E-state index in [2.05, 4.69) is 5.32 Å². The van der Waals surface area contributed by atoms with Crippen LogP contribution < -0.4 is 11.1 Å². The van der Waals surface area contributed by atoms with Crippen molar-refractivity contribution in [2.75, 3.05) is 13.1 Å². The van der Waals surface area contributed by atoms with E-state index in [-0.39, 0.29) is 16.3 Å². The second kappa shape index (κ2) is 8.31. The van der Waals surface area contributed by atoms with E-state index >= 15 is 0 Å². The van der Waals surface area contributed by atoms with Crippen LogP contribution in [-0.2, 0) is 4.79 Å². The molecule has 146 valence electrons. The fourth-order valence-corrected chi connectivity index (χ4v) is 4.60. The number of urea groups is 1. The number of hydrogen-bond acceptors (Lipinski definition) is 7. The number of amides is 3. The third-order valence-corrected chi connectivity index (χ3v) is 6.04. The summed E-state index contributed by atoms with van der Waals surface area (Å²) in [6.07, 6.45) is 2.84. The Labute approximate surface area is 165 Å². The first-order valence-corrected chi connectivity index (χ1v) is 9.71. The average Bonchev–Trinajstić information content (AvgIpc) is 3.05. The molecule has 0 spiro atoms. The number of nitrogens with one attached hydrogen (secondary N) is 1. The molecular weight excluding hydrogens is 382 g/mol. The van der Waals surface area contributed by atoms with E-state index in [1.807, 2.05) is 6.07 Å². The minimum absolute atomic E-state index is 0.145. The molecule has 1 saturated heterocycles. The Bertz CT molecular complexity index is 888. The summed E-state index contributed by atoms with van der Waals surface area (Å²) in [5, 5.41) is 22.3. The molecule has 2 atom stereocenters. The van der Waals surface area contributed by atoms with E-state index in [1.165, 1.54) is 18.2 Å². The van der Waals surface area contributed by atoms with Gasteiger partial charge in [0, 0.05) is 31.1 Å². The van der Waals surface area contributed by atoms with Gasteiger partial charge in [0.15, 0.2) is 0 Å². The third kappa shape index (κ3) is 3.94. The fraction of sp³-hybridized carbons (Fsp3) is 0.389. The van der Waals surface area contributed by atoms with E-state index in [1.54, 1.807) is 11.0 Å². The van der Waals surface area contributed by atoms with Gasteiger partial charge in [-0.25, -0.2) is 4.79 Å². The van der Waals surface area contributed by atoms with Crippen LogP contribution in [0.3, 0.4) is 0 Å². The average molecular weight is 401 g/mol. The second-order valence-corrected chi connectivity index (χ2v) is 7.78. The van der Waals surface area contributed by atoms with Gasteiger partial charge >= 0.3 is 6.03 Å². The van der Waals surface area contributed by atoms with Crippen molar-refractivity contribution in [1.82, 2.24) is 10.2 Å². The molecule has 3 rings (SSSR count). The van der Waals surface area contributed by atoms with E-state index in [9.17, 15) is 25.0 Å². The Kier molecular flexibility index (Phi) is 5.84. The number of nitriles is 1. The molecule has 2 aliphatic heterocycles. The van der Waals surface area contributed by atoms with Crippen molar-refractivity contribution >= 4 is 29.4 Å². The number of allylic oxidation sites excluding steroid dienone is 1. The van der Waals surface area contributed by atoms with Gasteiger partial charge in [0.2, 0.25) is 5.91 Å². The number of piperidine rings is 1. The number of nitrogens with zero attached hydrogens (tertiary/aromatic N) is 3. The molecule has 9 nitrogen and oxygen atoms in total. The molecule has 1 fully saturated rings. The Balaban J connectivity index is 1.84. The van der Waals surface area contributed by atoms with Crippen LogP contribution in [-0.4, -0.2) is 40.1 Å². The summed E-state index contributed by atoms with van der Waals surface area (Å²) in [4.78, 5) is 37.3. The van der Waals surface area contributed by atoms with Gasteiger partial charge in [0.25, 0.3) is 5.69 Å². The lowest BCUT2D eigenvalue weighted by atomic mass is 9.88. The molecule has 10 heteroatoms. The predicted octanol–water partition coefficient (Wildman–Crippen LogP) is 2.21. The highest BCUT2D eigenvalue weighted by molar-refractivity contribution is 8.04. The van der Waals surface area contributed by atoms with Gasteiger partial charge in [-0.15, -0.1) is 0 Å². The zero-order chi connectivity index (χ0) is 20.3. The molecule has 1 aromatic rings. The van der Waals surface area contributed by atoms with E-state index in [4.69, 9.17) is 5.73 Å². The number of nitro groups is 1. The maximum Gasteiger partial charge on any atom is 0.324 e. The number of non-ortho nitro benzene ring substituents is 1. The van der Waals surface area contributed by atoms with Crippen molar-refractivity contribution in [3.8, 4) is 6.07 Å². The van der Waals surface area contributed by atoms with Crippen LogP contribution in [0.5, 0.6) is 0 Å². The lowest BCUT2D eigenvalue weighted by Crippen LogP contribution is -2.48. The lowest BCUT2D eigenvalue weighted by molar-refractivity contribution is -0.384. The number of benzene rings is 1. The first kappa shape index (κ1) is 19.7. The highest BCUT2D eigenvalue weighted by Crippen LogP contribution is 2.46. The van der Waals surface area contributed by atoms with Crippen LogP contribution >= 0.6 is 11.8 Å². The minimum atomic E-state index is -0.856. The number of rotatable bonds is 3. The number of likely N-dealkylation sites (tertiary alicyclic amines) is 1. The first-order valence-electron chi connectivity index (χ1n) is 8.83. The molecule has 2 aliphatic rings. The number of imide groups is 1. The lowest BCUT2D eigenvalue weighted by Gasteiger charge is -2.27. The van der Waals surface area contributed by atoms with Gasteiger partial charge in [0.05, 0.1) is 21.6 Å². The summed E-state index contributed by atoms with van der Waals surface area (Å²) in [5.41, 5.74) is 6.39. The molecule has 2 unspecified atom stereocenters. The van der Waals surface area contributed by atoms with Gasteiger partial charge in [-0.2, -0.15) is 5.26 Å². The molecule has 0 aromatic heterocycles. The molecule has 0 saturated carbocycles. The Morgan fingerprint density at radius 2 is 2.04 bits per heavy atom. The highest BCUT2D eigenvalue weighted by atomic mass is 32.2. The predicted molar refractivity (Wildman–Crippen MR) is 103 cm³/mol. The molecule has 0 radical (unpaired) electrons. The standard InChI is InChI=1S/C18H19N5O4S/c19-10-13-14(11-5-4-6-12(9-11)23(26)27)15(28-16(13)20)17(24)21-18(25)22-7-2-1-3-8-22/h4-6,9,14-15H,1-3,7-8,20H2,(H,21,24,25). The highest BCUT2D eigenvalue weighted by Gasteiger charge is 2.42. The molecule has 0 aliphatic carbocycles. The van der Waals surface area contributed by atoms with Crippen LogP contribution in [0.25, 0.3) is 0 Å². The molecule has 2 heterocycles. The second-order valence-electron chi connectivity index (χ2n) is 6.60. The van der Waals surface area contributed by atoms with Crippen molar-refractivity contribution in [3.05, 3.63) is 50.5 Å². The summed E-state index contributed by atoms with van der Waals surface area (Å²) >= 11 is 0.994. The van der Waals surface area contributed by atoms with E-state index in [0.717, 1.165) is 31.0 Å². The summed E-state index contributed by atoms with van der Waals surface area (Å²) in [7, 11) is 0. The molecule has 3 N–H and O–H groups in total. The van der Waals surface area contributed by atoms with Crippen molar-refractivity contribution < 1.29 is 14.5 Å². The molecule has 1 aromatic carbocycles. The zero-order valence-corrected chi connectivity index (χ0v) is 15.8. The summed E-state index contributed by atoms with van der Waals surface area (Å²) in [6, 6.07) is 7.30. The number of hydrogen-bond donors (Lipinski definition) is 2. The van der Waals surface area contributed by atoms with Crippen LogP contribution in [0.4, 0.5) is 10.5 Å². The fourth-order valence-electron chi connectivity index (χ4n) is 3.43. The van der Waals surface area contributed by atoms with Crippen LogP contribution in [0.15, 0.2) is 34.9 Å². The number of nitro benzene ring substituents is 1. The largest absolute Gasteiger partial charge is 0.393 e. The zero-order valence-electron chi connectivity index (χ0n) is 15.0. The third-order valence-electron chi connectivity index (χ3n) is 4.83. The normalized spacial score (nSPS) is 21.9. The SMILES string of the molecule is N#CC1=C(N)SC(C(=O)NC(=O)N2CCCCC2)C1c1cccc([N+](=O)[O-])c1. The van der Waals surface area contributed by atoms with Crippen molar-refractivity contribution in [1.29, 1.82) is 5.26 Å². The van der Waals surface area contributed by atoms with E-state index in [0.29, 0.717) is 18.7 Å². The van der Waals surface area contributed by atoms with Gasteiger partial charge in [-0.3, -0.25) is 20.2 Å². The van der Waals surface area contributed by atoms with Crippen LogP contribution in [0.1, 0.15) is 30.7 Å². The number of carbonyl (C=O) groups excluding carboxylic acids is 2. The van der Waals surface area contributed by atoms with Crippen molar-refractivity contribution in [2.45, 2.75) is 30.4 Å². The molecule has 28 heavy (non-hydrogen) atoms. The summed E-state index contributed by atoms with van der Waals surface area (Å²) in [5.74, 6) is -1.32. The number of carbonyl (C=O) groups is 2. The molecule has 0 bridgehead atoms. The van der Waals surface area contributed by atoms with Gasteiger partial charge < -0.3 is 10.6 Å². The van der Waals surface area contributed by atoms with Gasteiger partial charge in [-0.05, 0) is 24.8 Å². The number of thioether (sulfide) groups is 1. The summed E-state index contributed by atoms with van der Waals surface area (Å²) in [6.45, 7) is 1.18. The van der Waals surface area contributed by atoms with Crippen molar-refractivity contribution in [2.24, 2.45) is 5.73 Å². The Morgan fingerprint density at radius 3 is 2.68 bits per heavy atom. The summed E-state index contributed by atoms with van der Waals surface area (Å²) < 4.78 is 0. The minimum Gasteiger partial charge on any atom is -0.393 e. The Morgan fingerprint density at radius 1 is 1.32 bits per heavy atom. The van der Waals surface area contributed by atoms with E-state index < -0.39 is 28.0 Å². The van der Waals surface area contributed by atoms with Gasteiger partial charge in [-0.1, -0.05) is 23.9 Å². The van der Waals surface area contributed by atoms with Gasteiger partial charge in [0.1, 0.15) is 5.25 Å². The molecule has 3 amide bonds. The Hall–Kier alpha value is -3.06. The monoisotopic (exact) mass is 401 g/mol. The topological polar surface area (TPSA) is 142 Å². The van der Waals surface area contributed by atoms with Crippen LogP contribution in [0, 0.1) is 21.4 Å². The maximum absolute atomic E-state index is 12.8.